The van der Waals surface area contributed by atoms with E-state index in [2.05, 4.69) is 15.1 Å². The molecular weight excluding hydrogens is 358 g/mol. The lowest BCUT2D eigenvalue weighted by molar-refractivity contribution is 0.102. The average Bonchev–Trinajstić information content (AvgIpc) is 3.29. The van der Waals surface area contributed by atoms with Crippen LogP contribution >= 0.6 is 11.8 Å². The first-order valence-electron chi connectivity index (χ1n) is 8.55. The third-order valence-corrected chi connectivity index (χ3v) is 5.41. The maximum Gasteiger partial charge on any atom is 0.192 e. The standard InChI is InChI=1S/C20H15N5OS/c1-12-22-19-14-7-3-5-9-17(14)23-20(25(19)24-12)27-11-18(26)15-10-21-16-8-4-2-6-13(15)16/h2-10,21H,11H2,1H3. The maximum atomic E-state index is 12.8. The molecule has 0 aliphatic carbocycles. The highest BCUT2D eigenvalue weighted by Gasteiger charge is 2.16. The maximum absolute atomic E-state index is 12.8. The number of ketones is 1. The Balaban J connectivity index is 1.51. The van der Waals surface area contributed by atoms with Crippen molar-refractivity contribution in [2.75, 3.05) is 5.75 Å². The Morgan fingerprint density at radius 2 is 1.85 bits per heavy atom. The van der Waals surface area contributed by atoms with Crippen molar-refractivity contribution in [3.05, 3.63) is 66.1 Å². The van der Waals surface area contributed by atoms with E-state index in [1.54, 1.807) is 10.7 Å². The Bertz CT molecular complexity index is 1320. The van der Waals surface area contributed by atoms with Crippen LogP contribution in [0.15, 0.2) is 59.9 Å². The van der Waals surface area contributed by atoms with E-state index in [0.717, 1.165) is 27.5 Å². The number of hydrogen-bond donors (Lipinski definition) is 1. The number of rotatable bonds is 4. The molecule has 7 heteroatoms. The summed E-state index contributed by atoms with van der Waals surface area (Å²) >= 11 is 1.38. The number of hydrogen-bond acceptors (Lipinski definition) is 5. The fourth-order valence-corrected chi connectivity index (χ4v) is 4.07. The molecule has 27 heavy (non-hydrogen) atoms. The summed E-state index contributed by atoms with van der Waals surface area (Å²) in [6.07, 6.45) is 1.77. The van der Waals surface area contributed by atoms with Gasteiger partial charge in [0.25, 0.3) is 0 Å². The van der Waals surface area contributed by atoms with E-state index in [4.69, 9.17) is 4.98 Å². The Labute approximate surface area is 158 Å². The molecule has 3 heterocycles. The zero-order chi connectivity index (χ0) is 18.4. The molecule has 0 amide bonds. The number of H-pyrrole nitrogens is 1. The van der Waals surface area contributed by atoms with Crippen molar-refractivity contribution in [1.29, 1.82) is 0 Å². The topological polar surface area (TPSA) is 75.9 Å². The molecule has 0 aliphatic rings. The number of carbonyl (C=O) groups is 1. The van der Waals surface area contributed by atoms with E-state index >= 15 is 0 Å². The van der Waals surface area contributed by atoms with E-state index in [9.17, 15) is 4.79 Å². The Morgan fingerprint density at radius 3 is 2.74 bits per heavy atom. The highest BCUT2D eigenvalue weighted by molar-refractivity contribution is 7.99. The van der Waals surface area contributed by atoms with Gasteiger partial charge in [-0.1, -0.05) is 42.1 Å². The molecule has 0 bridgehead atoms. The number of benzene rings is 2. The fraction of sp³-hybridized carbons (Fsp3) is 0.100. The molecule has 0 atom stereocenters. The molecule has 5 aromatic rings. The van der Waals surface area contributed by atoms with Gasteiger partial charge in [-0.25, -0.2) is 9.97 Å². The normalized spacial score (nSPS) is 11.6. The molecule has 0 radical (unpaired) electrons. The molecule has 2 aromatic carbocycles. The van der Waals surface area contributed by atoms with Gasteiger partial charge in [-0.2, -0.15) is 4.52 Å². The largest absolute Gasteiger partial charge is 0.360 e. The van der Waals surface area contributed by atoms with Crippen LogP contribution in [0.2, 0.25) is 0 Å². The van der Waals surface area contributed by atoms with Crippen LogP contribution in [0.25, 0.3) is 27.5 Å². The van der Waals surface area contributed by atoms with Crippen molar-refractivity contribution in [3.8, 4) is 0 Å². The van der Waals surface area contributed by atoms with Crippen molar-refractivity contribution in [2.45, 2.75) is 12.1 Å². The molecule has 0 unspecified atom stereocenters. The summed E-state index contributed by atoms with van der Waals surface area (Å²) < 4.78 is 1.73. The fourth-order valence-electron chi connectivity index (χ4n) is 3.24. The van der Waals surface area contributed by atoms with Gasteiger partial charge in [0.1, 0.15) is 5.82 Å². The number of aryl methyl sites for hydroxylation is 1. The zero-order valence-electron chi connectivity index (χ0n) is 14.5. The minimum Gasteiger partial charge on any atom is -0.360 e. The quantitative estimate of drug-likeness (QED) is 0.292. The van der Waals surface area contributed by atoms with Gasteiger partial charge in [0.2, 0.25) is 0 Å². The van der Waals surface area contributed by atoms with Crippen LogP contribution in [0.3, 0.4) is 0 Å². The van der Waals surface area contributed by atoms with Crippen LogP contribution in [0.4, 0.5) is 0 Å². The van der Waals surface area contributed by atoms with Crippen molar-refractivity contribution in [2.24, 2.45) is 0 Å². The smallest absolute Gasteiger partial charge is 0.192 e. The molecule has 0 aliphatic heterocycles. The Kier molecular flexibility index (Phi) is 3.68. The molecule has 0 saturated heterocycles. The van der Waals surface area contributed by atoms with Gasteiger partial charge < -0.3 is 4.98 Å². The van der Waals surface area contributed by atoms with Crippen LogP contribution in [0.1, 0.15) is 16.2 Å². The molecule has 132 valence electrons. The van der Waals surface area contributed by atoms with Crippen molar-refractivity contribution < 1.29 is 4.79 Å². The second kappa shape index (κ2) is 6.21. The zero-order valence-corrected chi connectivity index (χ0v) is 15.3. The number of aromatic amines is 1. The van der Waals surface area contributed by atoms with Gasteiger partial charge in [-0.15, -0.1) is 5.10 Å². The summed E-state index contributed by atoms with van der Waals surface area (Å²) in [6, 6.07) is 15.6. The second-order valence-electron chi connectivity index (χ2n) is 6.27. The molecule has 1 N–H and O–H groups in total. The lowest BCUT2D eigenvalue weighted by Gasteiger charge is -2.05. The predicted molar refractivity (Wildman–Crippen MR) is 106 cm³/mol. The number of para-hydroxylation sites is 2. The van der Waals surface area contributed by atoms with Gasteiger partial charge in [0.05, 0.1) is 11.3 Å². The highest BCUT2D eigenvalue weighted by Crippen LogP contribution is 2.25. The van der Waals surface area contributed by atoms with Crippen LogP contribution < -0.4 is 0 Å². The molecule has 0 saturated carbocycles. The molecule has 0 spiro atoms. The summed E-state index contributed by atoms with van der Waals surface area (Å²) in [5, 5.41) is 7.01. The number of Topliss-reactive ketones (excluding diaryl/α,β-unsaturated/α-hetero) is 1. The Hall–Kier alpha value is -3.19. The first-order valence-corrected chi connectivity index (χ1v) is 9.53. The van der Waals surface area contributed by atoms with E-state index < -0.39 is 0 Å². The number of aromatic nitrogens is 5. The molecule has 6 nitrogen and oxygen atoms in total. The molecule has 5 rings (SSSR count). The van der Waals surface area contributed by atoms with E-state index in [1.165, 1.54) is 11.8 Å². The van der Waals surface area contributed by atoms with Crippen LogP contribution in [0, 0.1) is 6.92 Å². The van der Waals surface area contributed by atoms with Gasteiger partial charge >= 0.3 is 0 Å². The molecule has 0 fully saturated rings. The first-order chi connectivity index (χ1) is 13.2. The van der Waals surface area contributed by atoms with Crippen molar-refractivity contribution >= 4 is 45.0 Å². The average molecular weight is 373 g/mol. The monoisotopic (exact) mass is 373 g/mol. The highest BCUT2D eigenvalue weighted by atomic mass is 32.2. The minimum atomic E-state index is 0.0531. The number of fused-ring (bicyclic) bond motifs is 4. The van der Waals surface area contributed by atoms with Gasteiger partial charge in [0, 0.05) is 28.0 Å². The van der Waals surface area contributed by atoms with E-state index in [1.807, 2.05) is 55.5 Å². The Morgan fingerprint density at radius 1 is 1.07 bits per heavy atom. The third kappa shape index (κ3) is 2.67. The first kappa shape index (κ1) is 16.0. The summed E-state index contributed by atoms with van der Waals surface area (Å²) in [7, 11) is 0. The summed E-state index contributed by atoms with van der Waals surface area (Å²) in [5.74, 6) is 1.01. The van der Waals surface area contributed by atoms with Crippen LogP contribution in [-0.4, -0.2) is 36.1 Å². The van der Waals surface area contributed by atoms with E-state index in [-0.39, 0.29) is 11.5 Å². The molecular formula is C20H15N5OS. The van der Waals surface area contributed by atoms with Crippen molar-refractivity contribution in [3.63, 3.8) is 0 Å². The number of nitrogens with one attached hydrogen (secondary N) is 1. The SMILES string of the molecule is Cc1nc2c3ccccc3nc(SCC(=O)c3c[nH]c4ccccc34)n2n1. The van der Waals surface area contributed by atoms with Gasteiger partial charge in [-0.3, -0.25) is 4.79 Å². The van der Waals surface area contributed by atoms with Crippen LogP contribution in [-0.2, 0) is 0 Å². The third-order valence-electron chi connectivity index (χ3n) is 4.48. The summed E-state index contributed by atoms with van der Waals surface area (Å²) in [6.45, 7) is 1.85. The summed E-state index contributed by atoms with van der Waals surface area (Å²) in [5.41, 5.74) is 3.27. The number of thioether (sulfide) groups is 1. The van der Waals surface area contributed by atoms with Crippen molar-refractivity contribution in [1.82, 2.24) is 24.6 Å². The second-order valence-corrected chi connectivity index (χ2v) is 7.21. The van der Waals surface area contributed by atoms with Gasteiger partial charge in [0.15, 0.2) is 16.6 Å². The number of carbonyl (C=O) groups excluding carboxylic acids is 1. The number of nitrogens with zero attached hydrogens (tertiary/aromatic N) is 4. The lowest BCUT2D eigenvalue weighted by Crippen LogP contribution is -2.05. The van der Waals surface area contributed by atoms with Gasteiger partial charge in [-0.05, 0) is 25.1 Å². The molecule has 3 aromatic heterocycles. The van der Waals surface area contributed by atoms with Crippen LogP contribution in [0.5, 0.6) is 0 Å². The minimum absolute atomic E-state index is 0.0531. The summed E-state index contributed by atoms with van der Waals surface area (Å²) in [4.78, 5) is 25.2. The predicted octanol–water partition coefficient (Wildman–Crippen LogP) is 4.04. The lowest BCUT2D eigenvalue weighted by atomic mass is 10.1. The van der Waals surface area contributed by atoms with E-state index in [0.29, 0.717) is 16.5 Å².